The Kier molecular flexibility index (Phi) is 6.24. The number of ether oxygens (including phenoxy) is 1. The van der Waals surface area contributed by atoms with Crippen molar-refractivity contribution in [1.29, 1.82) is 0 Å². The molecule has 110 valence electrons. The number of rotatable bonds is 7. The van der Waals surface area contributed by atoms with Gasteiger partial charge < -0.3 is 20.5 Å². The zero-order chi connectivity index (χ0) is 14.3. The van der Waals surface area contributed by atoms with Gasteiger partial charge in [-0.2, -0.15) is 0 Å². The lowest BCUT2D eigenvalue weighted by molar-refractivity contribution is -0.145. The fourth-order valence-electron chi connectivity index (χ4n) is 2.43. The number of aliphatic carboxylic acids is 1. The molecule has 1 aliphatic heterocycles. The molecule has 1 heterocycles. The van der Waals surface area contributed by atoms with Crippen LogP contribution in [0.2, 0.25) is 0 Å². The maximum absolute atomic E-state index is 12.4. The first kappa shape index (κ1) is 15.9. The maximum atomic E-state index is 12.4. The second-order valence-electron chi connectivity index (χ2n) is 5.06. The predicted molar refractivity (Wildman–Crippen MR) is 70.9 cm³/mol. The van der Waals surface area contributed by atoms with Gasteiger partial charge in [0, 0.05) is 26.7 Å². The molecule has 0 aliphatic carbocycles. The highest BCUT2D eigenvalue weighted by Crippen LogP contribution is 2.30. The lowest BCUT2D eigenvalue weighted by Crippen LogP contribution is -2.54. The number of hydrogen-bond donors (Lipinski definition) is 3. The molecule has 0 aromatic rings. The van der Waals surface area contributed by atoms with Gasteiger partial charge in [0.2, 0.25) is 5.91 Å². The van der Waals surface area contributed by atoms with Gasteiger partial charge in [-0.15, -0.1) is 0 Å². The van der Waals surface area contributed by atoms with E-state index < -0.39 is 17.4 Å². The van der Waals surface area contributed by atoms with Crippen LogP contribution in [0.4, 0.5) is 0 Å². The monoisotopic (exact) mass is 272 g/mol. The van der Waals surface area contributed by atoms with Crippen molar-refractivity contribution in [3.63, 3.8) is 0 Å². The molecular formula is C13H24N2O4. The zero-order valence-corrected chi connectivity index (χ0v) is 11.7. The van der Waals surface area contributed by atoms with E-state index in [1.807, 2.05) is 6.92 Å². The molecule has 0 radical (unpaired) electrons. The summed E-state index contributed by atoms with van der Waals surface area (Å²) in [5.74, 6) is -1.17. The third-order valence-electron chi connectivity index (χ3n) is 3.84. The van der Waals surface area contributed by atoms with E-state index in [-0.39, 0.29) is 12.3 Å². The van der Waals surface area contributed by atoms with Crippen molar-refractivity contribution < 1.29 is 19.4 Å². The molecule has 0 spiro atoms. The van der Waals surface area contributed by atoms with Crippen LogP contribution in [0.25, 0.3) is 0 Å². The Balaban J connectivity index is 2.65. The number of carboxylic acids is 1. The van der Waals surface area contributed by atoms with E-state index in [1.165, 1.54) is 7.11 Å². The molecule has 0 aromatic heterocycles. The standard InChI is InChI=1S/C13H24N2O4/c1-3-13(6-4-7-14-9-13)12(18)15-10(11(16)17)5-8-19-2/h10,14H,3-9H2,1-2H3,(H,15,18)(H,16,17). The van der Waals surface area contributed by atoms with E-state index in [1.54, 1.807) is 0 Å². The van der Waals surface area contributed by atoms with Gasteiger partial charge in [-0.1, -0.05) is 6.92 Å². The average molecular weight is 272 g/mol. The Morgan fingerprint density at radius 2 is 2.26 bits per heavy atom. The van der Waals surface area contributed by atoms with Crippen LogP contribution in [-0.2, 0) is 14.3 Å². The highest BCUT2D eigenvalue weighted by Gasteiger charge is 2.39. The zero-order valence-electron chi connectivity index (χ0n) is 11.7. The Morgan fingerprint density at radius 3 is 2.74 bits per heavy atom. The molecule has 1 aliphatic rings. The van der Waals surface area contributed by atoms with Crippen LogP contribution in [0, 0.1) is 5.41 Å². The van der Waals surface area contributed by atoms with Crippen molar-refractivity contribution >= 4 is 11.9 Å². The van der Waals surface area contributed by atoms with E-state index in [9.17, 15) is 9.59 Å². The quantitative estimate of drug-likeness (QED) is 0.623. The van der Waals surface area contributed by atoms with Crippen LogP contribution in [-0.4, -0.2) is 49.8 Å². The van der Waals surface area contributed by atoms with Gasteiger partial charge >= 0.3 is 5.97 Å². The second kappa shape index (κ2) is 7.45. The first-order valence-corrected chi connectivity index (χ1v) is 6.79. The number of carbonyl (C=O) groups is 2. The topological polar surface area (TPSA) is 87.7 Å². The smallest absolute Gasteiger partial charge is 0.326 e. The lowest BCUT2D eigenvalue weighted by Gasteiger charge is -2.36. The summed E-state index contributed by atoms with van der Waals surface area (Å²) in [5.41, 5.74) is -0.473. The van der Waals surface area contributed by atoms with Crippen molar-refractivity contribution in [2.24, 2.45) is 5.41 Å². The van der Waals surface area contributed by atoms with E-state index in [2.05, 4.69) is 10.6 Å². The fourth-order valence-corrected chi connectivity index (χ4v) is 2.43. The third-order valence-corrected chi connectivity index (χ3v) is 3.84. The molecule has 6 heteroatoms. The summed E-state index contributed by atoms with van der Waals surface area (Å²) < 4.78 is 4.87. The summed E-state index contributed by atoms with van der Waals surface area (Å²) in [4.78, 5) is 23.5. The molecule has 2 unspecified atom stereocenters. The highest BCUT2D eigenvalue weighted by molar-refractivity contribution is 5.87. The Morgan fingerprint density at radius 1 is 1.53 bits per heavy atom. The van der Waals surface area contributed by atoms with Crippen LogP contribution in [0.15, 0.2) is 0 Å². The van der Waals surface area contributed by atoms with Crippen molar-refractivity contribution in [1.82, 2.24) is 10.6 Å². The predicted octanol–water partition coefficient (Wildman–Crippen LogP) is 0.372. The van der Waals surface area contributed by atoms with Crippen LogP contribution >= 0.6 is 0 Å². The van der Waals surface area contributed by atoms with Gasteiger partial charge in [-0.05, 0) is 25.8 Å². The largest absolute Gasteiger partial charge is 0.480 e. The normalized spacial score (nSPS) is 24.7. The second-order valence-corrected chi connectivity index (χ2v) is 5.06. The molecule has 1 rings (SSSR count). The number of carboxylic acid groups (broad SMARTS) is 1. The summed E-state index contributed by atoms with van der Waals surface area (Å²) in [6, 6.07) is -0.877. The van der Waals surface area contributed by atoms with Crippen molar-refractivity contribution in [3.8, 4) is 0 Å². The van der Waals surface area contributed by atoms with Crippen LogP contribution in [0.5, 0.6) is 0 Å². The molecule has 2 atom stereocenters. The molecular weight excluding hydrogens is 248 g/mol. The number of carbonyl (C=O) groups excluding carboxylic acids is 1. The third kappa shape index (κ3) is 4.18. The first-order chi connectivity index (χ1) is 9.05. The van der Waals surface area contributed by atoms with Gasteiger partial charge in [-0.3, -0.25) is 4.79 Å². The van der Waals surface area contributed by atoms with Gasteiger partial charge in [0.15, 0.2) is 0 Å². The summed E-state index contributed by atoms with van der Waals surface area (Å²) in [6.45, 7) is 3.82. The highest BCUT2D eigenvalue weighted by atomic mass is 16.5. The average Bonchev–Trinajstić information content (AvgIpc) is 2.43. The summed E-state index contributed by atoms with van der Waals surface area (Å²) in [6.07, 6.45) is 2.74. The van der Waals surface area contributed by atoms with E-state index in [4.69, 9.17) is 9.84 Å². The minimum absolute atomic E-state index is 0.161. The van der Waals surface area contributed by atoms with E-state index in [0.717, 1.165) is 19.4 Å². The number of methoxy groups -OCH3 is 1. The van der Waals surface area contributed by atoms with Crippen LogP contribution < -0.4 is 10.6 Å². The molecule has 19 heavy (non-hydrogen) atoms. The molecule has 1 fully saturated rings. The van der Waals surface area contributed by atoms with Gasteiger partial charge in [0.05, 0.1) is 5.41 Å². The molecule has 1 amide bonds. The molecule has 6 nitrogen and oxygen atoms in total. The van der Waals surface area contributed by atoms with E-state index in [0.29, 0.717) is 19.6 Å². The maximum Gasteiger partial charge on any atom is 0.326 e. The summed E-state index contributed by atoms with van der Waals surface area (Å²) in [5, 5.41) is 15.0. The van der Waals surface area contributed by atoms with Crippen LogP contribution in [0.1, 0.15) is 32.6 Å². The first-order valence-electron chi connectivity index (χ1n) is 6.79. The SMILES string of the molecule is CCC1(C(=O)NC(CCOC)C(=O)O)CCCNC1. The molecule has 0 aromatic carbocycles. The Labute approximate surface area is 113 Å². The Bertz CT molecular complexity index is 314. The minimum Gasteiger partial charge on any atom is -0.480 e. The lowest BCUT2D eigenvalue weighted by atomic mass is 9.77. The van der Waals surface area contributed by atoms with Gasteiger partial charge in [-0.25, -0.2) is 4.79 Å². The fraction of sp³-hybridized carbons (Fsp3) is 0.846. The minimum atomic E-state index is -1.01. The molecule has 1 saturated heterocycles. The molecule has 3 N–H and O–H groups in total. The number of amides is 1. The number of piperidine rings is 1. The molecule has 0 saturated carbocycles. The van der Waals surface area contributed by atoms with Gasteiger partial charge in [0.1, 0.15) is 6.04 Å². The molecule has 0 bridgehead atoms. The Hall–Kier alpha value is -1.14. The van der Waals surface area contributed by atoms with Crippen molar-refractivity contribution in [2.75, 3.05) is 26.8 Å². The summed E-state index contributed by atoms with van der Waals surface area (Å²) >= 11 is 0. The number of hydrogen-bond acceptors (Lipinski definition) is 4. The summed E-state index contributed by atoms with van der Waals surface area (Å²) in [7, 11) is 1.51. The van der Waals surface area contributed by atoms with Crippen LogP contribution in [0.3, 0.4) is 0 Å². The van der Waals surface area contributed by atoms with Crippen molar-refractivity contribution in [3.05, 3.63) is 0 Å². The van der Waals surface area contributed by atoms with Gasteiger partial charge in [0.25, 0.3) is 0 Å². The van der Waals surface area contributed by atoms with E-state index >= 15 is 0 Å². The van der Waals surface area contributed by atoms with Crippen molar-refractivity contribution in [2.45, 2.75) is 38.6 Å². The number of nitrogens with one attached hydrogen (secondary N) is 2.